The fourth-order valence-electron chi connectivity index (χ4n) is 1.40. The van der Waals surface area contributed by atoms with E-state index in [9.17, 15) is 5.11 Å². The first-order chi connectivity index (χ1) is 6.72. The zero-order valence-electron chi connectivity index (χ0n) is 8.87. The number of ether oxygens (including phenoxy) is 1. The molecule has 0 unspecified atom stereocenters. The highest BCUT2D eigenvalue weighted by molar-refractivity contribution is 5.58. The first kappa shape index (κ1) is 10.6. The van der Waals surface area contributed by atoms with Crippen molar-refractivity contribution in [2.24, 2.45) is 0 Å². The van der Waals surface area contributed by atoms with Crippen LogP contribution in [-0.2, 0) is 6.42 Å². The van der Waals surface area contributed by atoms with Crippen LogP contribution in [0.25, 0.3) is 6.08 Å². The number of aromatic hydroxyl groups is 1. The summed E-state index contributed by atoms with van der Waals surface area (Å²) >= 11 is 0. The van der Waals surface area contributed by atoms with E-state index in [1.807, 2.05) is 38.1 Å². The van der Waals surface area contributed by atoms with Gasteiger partial charge in [0.1, 0.15) is 0 Å². The normalized spacial score (nSPS) is 10.8. The molecule has 0 amide bonds. The highest BCUT2D eigenvalue weighted by atomic mass is 16.5. The molecule has 1 aromatic carbocycles. The number of aryl methyl sites for hydroxylation is 1. The largest absolute Gasteiger partial charge is 0.504 e. The van der Waals surface area contributed by atoms with Gasteiger partial charge in [-0.05, 0) is 36.6 Å². The molecule has 1 aromatic rings. The quantitative estimate of drug-likeness (QED) is 0.797. The van der Waals surface area contributed by atoms with Crippen LogP contribution in [0, 0.1) is 0 Å². The summed E-state index contributed by atoms with van der Waals surface area (Å²) in [5, 5.41) is 9.73. The van der Waals surface area contributed by atoms with Crippen LogP contribution in [-0.4, -0.2) is 12.2 Å². The molecule has 2 heteroatoms. The molecule has 0 aliphatic carbocycles. The second-order valence-corrected chi connectivity index (χ2v) is 3.08. The maximum absolute atomic E-state index is 9.73. The minimum absolute atomic E-state index is 0.253. The minimum atomic E-state index is 0.253. The molecule has 0 aliphatic heterocycles. The maximum atomic E-state index is 9.73. The van der Waals surface area contributed by atoms with E-state index in [1.54, 1.807) is 7.11 Å². The standard InChI is InChI=1S/C12H16O2/c1-4-6-9-7-10(5-2)12(13)11(8-9)14-3/h4,6-8,13H,5H2,1-3H3. The van der Waals surface area contributed by atoms with Crippen molar-refractivity contribution in [2.45, 2.75) is 20.3 Å². The van der Waals surface area contributed by atoms with Gasteiger partial charge < -0.3 is 9.84 Å². The number of hydrogen-bond donors (Lipinski definition) is 1. The molecular formula is C12H16O2. The van der Waals surface area contributed by atoms with Gasteiger partial charge in [-0.3, -0.25) is 0 Å². The summed E-state index contributed by atoms with van der Waals surface area (Å²) in [7, 11) is 1.56. The van der Waals surface area contributed by atoms with E-state index in [4.69, 9.17) is 4.74 Å². The van der Waals surface area contributed by atoms with Crippen LogP contribution in [0.15, 0.2) is 18.2 Å². The number of phenols is 1. The van der Waals surface area contributed by atoms with E-state index in [0.29, 0.717) is 5.75 Å². The van der Waals surface area contributed by atoms with Gasteiger partial charge in [-0.2, -0.15) is 0 Å². The first-order valence-electron chi connectivity index (χ1n) is 4.75. The Morgan fingerprint density at radius 3 is 2.64 bits per heavy atom. The molecular weight excluding hydrogens is 176 g/mol. The Balaban J connectivity index is 3.24. The third-order valence-electron chi connectivity index (χ3n) is 2.14. The zero-order valence-corrected chi connectivity index (χ0v) is 8.87. The van der Waals surface area contributed by atoms with Crippen LogP contribution >= 0.6 is 0 Å². The van der Waals surface area contributed by atoms with Crippen molar-refractivity contribution in [1.29, 1.82) is 0 Å². The maximum Gasteiger partial charge on any atom is 0.161 e. The van der Waals surface area contributed by atoms with Gasteiger partial charge in [0, 0.05) is 0 Å². The SMILES string of the molecule is CC=Cc1cc(CC)c(O)c(OC)c1. The van der Waals surface area contributed by atoms with E-state index in [1.165, 1.54) is 0 Å². The molecule has 1 rings (SSSR count). The summed E-state index contributed by atoms with van der Waals surface area (Å²) < 4.78 is 5.09. The van der Waals surface area contributed by atoms with Crippen LogP contribution in [0.5, 0.6) is 11.5 Å². The highest BCUT2D eigenvalue weighted by Gasteiger charge is 2.07. The molecule has 0 radical (unpaired) electrons. The summed E-state index contributed by atoms with van der Waals surface area (Å²) in [4.78, 5) is 0. The lowest BCUT2D eigenvalue weighted by Crippen LogP contribution is -1.90. The summed E-state index contributed by atoms with van der Waals surface area (Å²) in [6.07, 6.45) is 4.75. The topological polar surface area (TPSA) is 29.5 Å². The Morgan fingerprint density at radius 2 is 2.14 bits per heavy atom. The molecule has 1 N–H and O–H groups in total. The third kappa shape index (κ3) is 2.08. The average Bonchev–Trinajstić information content (AvgIpc) is 2.20. The van der Waals surface area contributed by atoms with Gasteiger partial charge in [0.2, 0.25) is 0 Å². The fourth-order valence-corrected chi connectivity index (χ4v) is 1.40. The number of phenolic OH excluding ortho intramolecular Hbond substituents is 1. The number of hydrogen-bond acceptors (Lipinski definition) is 2. The molecule has 0 saturated carbocycles. The molecule has 0 bridgehead atoms. The Kier molecular flexibility index (Phi) is 3.57. The number of allylic oxidation sites excluding steroid dienone is 1. The van der Waals surface area contributed by atoms with E-state index in [0.717, 1.165) is 17.5 Å². The molecule has 2 nitrogen and oxygen atoms in total. The molecule has 76 valence electrons. The van der Waals surface area contributed by atoms with Crippen LogP contribution < -0.4 is 4.74 Å². The first-order valence-corrected chi connectivity index (χ1v) is 4.75. The highest BCUT2D eigenvalue weighted by Crippen LogP contribution is 2.32. The zero-order chi connectivity index (χ0) is 10.6. The van der Waals surface area contributed by atoms with E-state index in [2.05, 4.69) is 0 Å². The second-order valence-electron chi connectivity index (χ2n) is 3.08. The Bertz CT molecular complexity index is 315. The van der Waals surface area contributed by atoms with Gasteiger partial charge >= 0.3 is 0 Å². The average molecular weight is 192 g/mol. The molecule has 0 aromatic heterocycles. The predicted molar refractivity (Wildman–Crippen MR) is 58.7 cm³/mol. The molecule has 0 aliphatic rings. The molecule has 0 atom stereocenters. The van der Waals surface area contributed by atoms with Crippen molar-refractivity contribution in [3.63, 3.8) is 0 Å². The second kappa shape index (κ2) is 4.70. The molecule has 0 spiro atoms. The van der Waals surface area contributed by atoms with E-state index >= 15 is 0 Å². The third-order valence-corrected chi connectivity index (χ3v) is 2.14. The molecule has 0 fully saturated rings. The van der Waals surface area contributed by atoms with Gasteiger partial charge in [-0.1, -0.05) is 19.1 Å². The van der Waals surface area contributed by atoms with E-state index < -0.39 is 0 Å². The summed E-state index contributed by atoms with van der Waals surface area (Å²) in [5.74, 6) is 0.792. The van der Waals surface area contributed by atoms with E-state index in [-0.39, 0.29) is 5.75 Å². The van der Waals surface area contributed by atoms with Crippen LogP contribution in [0.2, 0.25) is 0 Å². The molecule has 0 saturated heterocycles. The van der Waals surface area contributed by atoms with Gasteiger partial charge in [0.05, 0.1) is 7.11 Å². The van der Waals surface area contributed by atoms with Gasteiger partial charge in [0.25, 0.3) is 0 Å². The van der Waals surface area contributed by atoms with Crippen molar-refractivity contribution in [1.82, 2.24) is 0 Å². The summed E-state index contributed by atoms with van der Waals surface area (Å²) in [6.45, 7) is 3.97. The smallest absolute Gasteiger partial charge is 0.161 e. The van der Waals surface area contributed by atoms with Crippen molar-refractivity contribution in [3.05, 3.63) is 29.3 Å². The predicted octanol–water partition coefficient (Wildman–Crippen LogP) is 3.00. The van der Waals surface area contributed by atoms with Crippen LogP contribution in [0.1, 0.15) is 25.0 Å². The summed E-state index contributed by atoms with van der Waals surface area (Å²) in [6, 6.07) is 3.80. The van der Waals surface area contributed by atoms with Crippen molar-refractivity contribution < 1.29 is 9.84 Å². The number of methoxy groups -OCH3 is 1. The van der Waals surface area contributed by atoms with Crippen LogP contribution in [0.4, 0.5) is 0 Å². The lowest BCUT2D eigenvalue weighted by molar-refractivity contribution is 0.371. The lowest BCUT2D eigenvalue weighted by atomic mass is 10.1. The van der Waals surface area contributed by atoms with Gasteiger partial charge in [0.15, 0.2) is 11.5 Å². The van der Waals surface area contributed by atoms with Crippen molar-refractivity contribution in [2.75, 3.05) is 7.11 Å². The molecule has 0 heterocycles. The summed E-state index contributed by atoms with van der Waals surface area (Å²) in [5.41, 5.74) is 1.97. The Labute approximate surface area is 84.8 Å². The van der Waals surface area contributed by atoms with Crippen molar-refractivity contribution >= 4 is 6.08 Å². The fraction of sp³-hybridized carbons (Fsp3) is 0.333. The number of rotatable bonds is 3. The lowest BCUT2D eigenvalue weighted by Gasteiger charge is -2.09. The van der Waals surface area contributed by atoms with Crippen molar-refractivity contribution in [3.8, 4) is 11.5 Å². The van der Waals surface area contributed by atoms with Crippen LogP contribution in [0.3, 0.4) is 0 Å². The monoisotopic (exact) mass is 192 g/mol. The minimum Gasteiger partial charge on any atom is -0.504 e. The Morgan fingerprint density at radius 1 is 1.43 bits per heavy atom. The van der Waals surface area contributed by atoms with Gasteiger partial charge in [-0.15, -0.1) is 0 Å². The Hall–Kier alpha value is -1.44. The molecule has 14 heavy (non-hydrogen) atoms. The number of benzene rings is 1. The van der Waals surface area contributed by atoms with Gasteiger partial charge in [-0.25, -0.2) is 0 Å².